The maximum Gasteiger partial charge on any atom is 0.416 e. The van der Waals surface area contributed by atoms with Crippen molar-refractivity contribution in [1.82, 2.24) is 5.32 Å². The fourth-order valence-electron chi connectivity index (χ4n) is 2.92. The Morgan fingerprint density at radius 1 is 1.35 bits per heavy atom. The van der Waals surface area contributed by atoms with Crippen molar-refractivity contribution in [2.24, 2.45) is 5.92 Å². The second kappa shape index (κ2) is 6.14. The number of rotatable bonds is 4. The van der Waals surface area contributed by atoms with Crippen LogP contribution in [0.4, 0.5) is 13.2 Å². The number of hydrogen-bond donors (Lipinski definition) is 1. The quantitative estimate of drug-likeness (QED) is 0.910. The Hall–Kier alpha value is -1.07. The molecule has 1 N–H and O–H groups in total. The summed E-state index contributed by atoms with van der Waals surface area (Å²) in [5.41, 5.74) is -0.228. The van der Waals surface area contributed by atoms with E-state index in [2.05, 4.69) is 5.32 Å². The van der Waals surface area contributed by atoms with Gasteiger partial charge in [0.05, 0.1) is 11.7 Å². The first-order valence-electron chi connectivity index (χ1n) is 6.96. The third-order valence-electron chi connectivity index (χ3n) is 3.89. The van der Waals surface area contributed by atoms with Crippen molar-refractivity contribution in [3.05, 3.63) is 35.4 Å². The van der Waals surface area contributed by atoms with Crippen molar-refractivity contribution in [2.75, 3.05) is 13.2 Å². The number of nitrogens with one attached hydrogen (secondary N) is 1. The number of benzene rings is 1. The number of halogens is 3. The van der Waals surface area contributed by atoms with Crippen LogP contribution in [0.3, 0.4) is 0 Å². The molecule has 0 spiro atoms. The molecular weight excluding hydrogens is 267 g/mol. The molecule has 1 aliphatic rings. The van der Waals surface area contributed by atoms with Crippen LogP contribution in [0.5, 0.6) is 0 Å². The van der Waals surface area contributed by atoms with Crippen LogP contribution >= 0.6 is 0 Å². The highest BCUT2D eigenvalue weighted by molar-refractivity contribution is 5.33. The highest BCUT2D eigenvalue weighted by Crippen LogP contribution is 2.40. The number of alkyl halides is 3. The zero-order chi connectivity index (χ0) is 14.8. The minimum Gasteiger partial charge on any atom is -0.378 e. The summed E-state index contributed by atoms with van der Waals surface area (Å²) >= 11 is 0. The number of ether oxygens (including phenoxy) is 1. The van der Waals surface area contributed by atoms with Crippen LogP contribution in [0, 0.1) is 5.92 Å². The van der Waals surface area contributed by atoms with E-state index in [0.29, 0.717) is 18.7 Å². The molecule has 1 heterocycles. The maximum absolute atomic E-state index is 13.2. The molecule has 20 heavy (non-hydrogen) atoms. The van der Waals surface area contributed by atoms with Gasteiger partial charge in [-0.05, 0) is 31.5 Å². The lowest BCUT2D eigenvalue weighted by Crippen LogP contribution is -2.33. The fraction of sp³-hybridized carbons (Fsp3) is 0.600. The predicted octanol–water partition coefficient (Wildman–Crippen LogP) is 3.78. The first-order valence-corrected chi connectivity index (χ1v) is 6.96. The Morgan fingerprint density at radius 3 is 2.60 bits per heavy atom. The molecule has 2 nitrogen and oxygen atoms in total. The molecule has 112 valence electrons. The van der Waals surface area contributed by atoms with E-state index in [1.54, 1.807) is 12.1 Å². The molecule has 5 heteroatoms. The summed E-state index contributed by atoms with van der Waals surface area (Å²) < 4.78 is 45.0. The summed E-state index contributed by atoms with van der Waals surface area (Å²) in [6, 6.07) is 5.50. The molecule has 1 fully saturated rings. The molecule has 3 atom stereocenters. The zero-order valence-electron chi connectivity index (χ0n) is 11.7. The lowest BCUT2D eigenvalue weighted by Gasteiger charge is -2.29. The van der Waals surface area contributed by atoms with Crippen molar-refractivity contribution < 1.29 is 17.9 Å². The van der Waals surface area contributed by atoms with Gasteiger partial charge in [-0.25, -0.2) is 0 Å². The van der Waals surface area contributed by atoms with Gasteiger partial charge in [0.2, 0.25) is 0 Å². The van der Waals surface area contributed by atoms with Gasteiger partial charge in [0, 0.05) is 18.6 Å². The lowest BCUT2D eigenvalue weighted by molar-refractivity contribution is -0.138. The zero-order valence-corrected chi connectivity index (χ0v) is 11.7. The van der Waals surface area contributed by atoms with Gasteiger partial charge in [-0.15, -0.1) is 0 Å². The number of hydrogen-bond acceptors (Lipinski definition) is 2. The minimum absolute atomic E-state index is 0.0275. The highest BCUT2D eigenvalue weighted by Gasteiger charge is 2.39. The first-order chi connectivity index (χ1) is 9.45. The first kappa shape index (κ1) is 15.3. The summed E-state index contributed by atoms with van der Waals surface area (Å²) in [7, 11) is 0. The van der Waals surface area contributed by atoms with Crippen LogP contribution < -0.4 is 5.32 Å². The molecule has 2 rings (SSSR count). The van der Waals surface area contributed by atoms with E-state index in [0.717, 1.165) is 12.5 Å². The molecule has 0 radical (unpaired) electrons. The highest BCUT2D eigenvalue weighted by atomic mass is 19.4. The van der Waals surface area contributed by atoms with Crippen molar-refractivity contribution in [1.29, 1.82) is 0 Å². The van der Waals surface area contributed by atoms with Gasteiger partial charge in [0.15, 0.2) is 0 Å². The predicted molar refractivity (Wildman–Crippen MR) is 71.4 cm³/mol. The monoisotopic (exact) mass is 287 g/mol. The normalized spacial score (nSPS) is 24.9. The van der Waals surface area contributed by atoms with Gasteiger partial charge in [0.1, 0.15) is 0 Å². The Balaban J connectivity index is 2.39. The molecule has 0 saturated carbocycles. The molecular formula is C15H20F3NO. The van der Waals surface area contributed by atoms with E-state index in [9.17, 15) is 13.2 Å². The van der Waals surface area contributed by atoms with Crippen LogP contribution in [0.15, 0.2) is 24.3 Å². The molecule has 1 aliphatic heterocycles. The molecule has 0 amide bonds. The van der Waals surface area contributed by atoms with Crippen LogP contribution in [-0.4, -0.2) is 19.3 Å². The molecule has 0 aromatic heterocycles. The third kappa shape index (κ3) is 3.15. The maximum atomic E-state index is 13.2. The van der Waals surface area contributed by atoms with Gasteiger partial charge in [-0.2, -0.15) is 13.2 Å². The molecule has 1 aromatic rings. The molecule has 0 aliphatic carbocycles. The van der Waals surface area contributed by atoms with E-state index in [1.165, 1.54) is 6.07 Å². The molecule has 1 saturated heterocycles. The summed E-state index contributed by atoms with van der Waals surface area (Å²) in [4.78, 5) is 0. The third-order valence-corrected chi connectivity index (χ3v) is 3.89. The SMILES string of the molecule is CCNC(c1ccccc1C(F)(F)F)C1CCOC1C. The van der Waals surface area contributed by atoms with Crippen molar-refractivity contribution in [3.63, 3.8) is 0 Å². The van der Waals surface area contributed by atoms with Gasteiger partial charge >= 0.3 is 6.18 Å². The minimum atomic E-state index is -4.33. The summed E-state index contributed by atoms with van der Waals surface area (Å²) in [6.45, 7) is 5.07. The second-order valence-corrected chi connectivity index (χ2v) is 5.15. The summed E-state index contributed by atoms with van der Waals surface area (Å²) in [5.74, 6) is 0.0680. The van der Waals surface area contributed by atoms with Crippen molar-refractivity contribution in [2.45, 2.75) is 38.6 Å². The van der Waals surface area contributed by atoms with Crippen LogP contribution in [0.25, 0.3) is 0 Å². The topological polar surface area (TPSA) is 21.3 Å². The van der Waals surface area contributed by atoms with E-state index in [4.69, 9.17) is 4.74 Å². The smallest absolute Gasteiger partial charge is 0.378 e. The largest absolute Gasteiger partial charge is 0.416 e. The summed E-state index contributed by atoms with van der Waals surface area (Å²) in [5, 5.41) is 3.20. The molecule has 0 bridgehead atoms. The van der Waals surface area contributed by atoms with Crippen LogP contribution in [0.1, 0.15) is 37.4 Å². The second-order valence-electron chi connectivity index (χ2n) is 5.15. The van der Waals surface area contributed by atoms with Crippen LogP contribution in [-0.2, 0) is 10.9 Å². The van der Waals surface area contributed by atoms with Crippen molar-refractivity contribution in [3.8, 4) is 0 Å². The van der Waals surface area contributed by atoms with Crippen LogP contribution in [0.2, 0.25) is 0 Å². The Labute approximate surface area is 117 Å². The Kier molecular flexibility index (Phi) is 4.70. The average molecular weight is 287 g/mol. The standard InChI is InChI=1S/C15H20F3NO/c1-3-19-14(11-8-9-20-10(11)2)12-6-4-5-7-13(12)15(16,17)18/h4-7,10-11,14,19H,3,8-9H2,1-2H3. The average Bonchev–Trinajstić information content (AvgIpc) is 2.81. The van der Waals surface area contributed by atoms with Gasteiger partial charge in [0.25, 0.3) is 0 Å². The molecule has 3 unspecified atom stereocenters. The Bertz CT molecular complexity index is 447. The van der Waals surface area contributed by atoms with E-state index >= 15 is 0 Å². The van der Waals surface area contributed by atoms with Gasteiger partial charge in [-0.1, -0.05) is 25.1 Å². The van der Waals surface area contributed by atoms with Gasteiger partial charge < -0.3 is 10.1 Å². The summed E-state index contributed by atoms with van der Waals surface area (Å²) in [6.07, 6.45) is -3.57. The van der Waals surface area contributed by atoms with E-state index in [-0.39, 0.29) is 18.1 Å². The van der Waals surface area contributed by atoms with Gasteiger partial charge in [-0.3, -0.25) is 0 Å². The fourth-order valence-corrected chi connectivity index (χ4v) is 2.92. The lowest BCUT2D eigenvalue weighted by atomic mass is 9.86. The van der Waals surface area contributed by atoms with E-state index in [1.807, 2.05) is 13.8 Å². The Morgan fingerprint density at radius 2 is 2.05 bits per heavy atom. The van der Waals surface area contributed by atoms with E-state index < -0.39 is 11.7 Å². The molecule has 1 aromatic carbocycles. The van der Waals surface area contributed by atoms with Crippen molar-refractivity contribution >= 4 is 0 Å².